The van der Waals surface area contributed by atoms with Crippen molar-refractivity contribution < 1.29 is 4.79 Å². The third kappa shape index (κ3) is 4.32. The van der Waals surface area contributed by atoms with E-state index in [4.69, 9.17) is 0 Å². The van der Waals surface area contributed by atoms with E-state index in [0.29, 0.717) is 18.9 Å². The standard InChI is InChI=1S/C18H26N4O/c1-21-9-11-22(12-10-21)18-16(7-4-8-19-18)14-20-17(23)13-15-5-2-3-6-15/h2,4-5,7-8,15H,3,6,9-14H2,1H3,(H,20,23). The van der Waals surface area contributed by atoms with Crippen LogP contribution in [0, 0.1) is 5.92 Å². The van der Waals surface area contributed by atoms with Gasteiger partial charge in [-0.2, -0.15) is 0 Å². The van der Waals surface area contributed by atoms with Gasteiger partial charge in [0.25, 0.3) is 0 Å². The maximum absolute atomic E-state index is 12.1. The van der Waals surface area contributed by atoms with Crippen LogP contribution in [0.3, 0.4) is 0 Å². The smallest absolute Gasteiger partial charge is 0.220 e. The number of hydrogen-bond acceptors (Lipinski definition) is 4. The number of hydrogen-bond donors (Lipinski definition) is 1. The number of pyridine rings is 1. The van der Waals surface area contributed by atoms with Crippen LogP contribution in [0.5, 0.6) is 0 Å². The zero-order valence-corrected chi connectivity index (χ0v) is 13.9. The lowest BCUT2D eigenvalue weighted by Gasteiger charge is -2.34. The van der Waals surface area contributed by atoms with Crippen molar-refractivity contribution in [2.24, 2.45) is 5.92 Å². The highest BCUT2D eigenvalue weighted by Crippen LogP contribution is 2.21. The van der Waals surface area contributed by atoms with Crippen LogP contribution >= 0.6 is 0 Å². The number of anilines is 1. The van der Waals surface area contributed by atoms with Crippen molar-refractivity contribution in [3.8, 4) is 0 Å². The fourth-order valence-electron chi connectivity index (χ4n) is 3.24. The van der Waals surface area contributed by atoms with Crippen LogP contribution in [0.2, 0.25) is 0 Å². The minimum atomic E-state index is 0.134. The molecule has 3 rings (SSSR count). The summed E-state index contributed by atoms with van der Waals surface area (Å²) >= 11 is 0. The lowest BCUT2D eigenvalue weighted by Crippen LogP contribution is -2.45. The van der Waals surface area contributed by atoms with Gasteiger partial charge in [0.2, 0.25) is 5.91 Å². The Morgan fingerprint density at radius 3 is 2.91 bits per heavy atom. The zero-order valence-electron chi connectivity index (χ0n) is 13.9. The molecule has 2 aliphatic rings. The molecule has 1 N–H and O–H groups in total. The van der Waals surface area contributed by atoms with Crippen molar-refractivity contribution in [3.63, 3.8) is 0 Å². The first kappa shape index (κ1) is 16.0. The van der Waals surface area contributed by atoms with Gasteiger partial charge in [-0.05, 0) is 31.9 Å². The van der Waals surface area contributed by atoms with Gasteiger partial charge >= 0.3 is 0 Å². The highest BCUT2D eigenvalue weighted by atomic mass is 16.1. The molecule has 1 fully saturated rings. The summed E-state index contributed by atoms with van der Waals surface area (Å²) in [6, 6.07) is 4.01. The number of amides is 1. The number of rotatable bonds is 5. The van der Waals surface area contributed by atoms with Gasteiger partial charge in [0, 0.05) is 50.9 Å². The molecule has 1 aromatic rings. The Hall–Kier alpha value is -1.88. The largest absolute Gasteiger partial charge is 0.354 e. The number of nitrogens with one attached hydrogen (secondary N) is 1. The van der Waals surface area contributed by atoms with Crippen LogP contribution in [0.25, 0.3) is 0 Å². The summed E-state index contributed by atoms with van der Waals surface area (Å²) in [5.41, 5.74) is 1.10. The summed E-state index contributed by atoms with van der Waals surface area (Å²) in [4.78, 5) is 21.3. The second-order valence-corrected chi connectivity index (χ2v) is 6.52. The SMILES string of the molecule is CN1CCN(c2ncccc2CNC(=O)CC2C=CCC2)CC1. The van der Waals surface area contributed by atoms with E-state index in [2.05, 4.69) is 45.4 Å². The Bertz CT molecular complexity index is 564. The Balaban J connectivity index is 1.57. The monoisotopic (exact) mass is 314 g/mol. The molecule has 1 atom stereocenters. The maximum atomic E-state index is 12.1. The molecule has 5 heteroatoms. The Morgan fingerprint density at radius 1 is 1.35 bits per heavy atom. The Morgan fingerprint density at radius 2 is 2.17 bits per heavy atom. The molecule has 0 radical (unpaired) electrons. The fraction of sp³-hybridized carbons (Fsp3) is 0.556. The summed E-state index contributed by atoms with van der Waals surface area (Å²) in [7, 11) is 2.15. The second kappa shape index (κ2) is 7.59. The first-order valence-electron chi connectivity index (χ1n) is 8.53. The number of likely N-dealkylation sites (N-methyl/N-ethyl adjacent to an activating group) is 1. The lowest BCUT2D eigenvalue weighted by atomic mass is 10.1. The van der Waals surface area contributed by atoms with E-state index in [1.165, 1.54) is 0 Å². The maximum Gasteiger partial charge on any atom is 0.220 e. The number of allylic oxidation sites excluding steroid dienone is 2. The van der Waals surface area contributed by atoms with E-state index in [0.717, 1.165) is 50.4 Å². The van der Waals surface area contributed by atoms with Crippen LogP contribution < -0.4 is 10.2 Å². The topological polar surface area (TPSA) is 48.5 Å². The predicted octanol–water partition coefficient (Wildman–Crippen LogP) is 1.81. The van der Waals surface area contributed by atoms with Crippen LogP contribution in [-0.4, -0.2) is 49.0 Å². The van der Waals surface area contributed by atoms with E-state index >= 15 is 0 Å². The molecule has 23 heavy (non-hydrogen) atoms. The van der Waals surface area contributed by atoms with Crippen molar-refractivity contribution in [1.82, 2.24) is 15.2 Å². The number of aromatic nitrogens is 1. The quantitative estimate of drug-likeness (QED) is 0.842. The van der Waals surface area contributed by atoms with Crippen molar-refractivity contribution in [2.75, 3.05) is 38.1 Å². The number of carbonyl (C=O) groups excluding carboxylic acids is 1. The van der Waals surface area contributed by atoms with E-state index in [1.807, 2.05) is 12.3 Å². The highest BCUT2D eigenvalue weighted by Gasteiger charge is 2.19. The normalized spacial score (nSPS) is 21.6. The first-order chi connectivity index (χ1) is 11.2. The molecule has 2 heterocycles. The number of nitrogens with zero attached hydrogens (tertiary/aromatic N) is 3. The molecule has 0 saturated carbocycles. The lowest BCUT2D eigenvalue weighted by molar-refractivity contribution is -0.121. The predicted molar refractivity (Wildman–Crippen MR) is 92.3 cm³/mol. The van der Waals surface area contributed by atoms with Crippen LogP contribution in [-0.2, 0) is 11.3 Å². The van der Waals surface area contributed by atoms with Gasteiger partial charge in [0.05, 0.1) is 0 Å². The van der Waals surface area contributed by atoms with E-state index in [-0.39, 0.29) is 5.91 Å². The van der Waals surface area contributed by atoms with Gasteiger partial charge in [0.15, 0.2) is 0 Å². The molecule has 0 aromatic carbocycles. The molecule has 0 bridgehead atoms. The van der Waals surface area contributed by atoms with Crippen molar-refractivity contribution in [3.05, 3.63) is 36.0 Å². The third-order valence-corrected chi connectivity index (χ3v) is 4.71. The Kier molecular flexibility index (Phi) is 5.28. The van der Waals surface area contributed by atoms with Crippen LogP contribution in [0.15, 0.2) is 30.5 Å². The van der Waals surface area contributed by atoms with E-state index in [1.54, 1.807) is 0 Å². The van der Waals surface area contributed by atoms with Crippen LogP contribution in [0.4, 0.5) is 5.82 Å². The Labute approximate surface area is 138 Å². The van der Waals surface area contributed by atoms with Crippen molar-refractivity contribution in [2.45, 2.75) is 25.8 Å². The molecule has 1 unspecified atom stereocenters. The third-order valence-electron chi connectivity index (χ3n) is 4.71. The average molecular weight is 314 g/mol. The molecule has 1 aliphatic heterocycles. The van der Waals surface area contributed by atoms with Gasteiger partial charge in [-0.3, -0.25) is 4.79 Å². The molecular weight excluding hydrogens is 288 g/mol. The van der Waals surface area contributed by atoms with Gasteiger partial charge in [-0.1, -0.05) is 18.2 Å². The van der Waals surface area contributed by atoms with Gasteiger partial charge < -0.3 is 15.1 Å². The second-order valence-electron chi connectivity index (χ2n) is 6.52. The number of piperazine rings is 1. The van der Waals surface area contributed by atoms with E-state index in [9.17, 15) is 4.79 Å². The summed E-state index contributed by atoms with van der Waals surface area (Å²) in [6.07, 6.45) is 8.98. The molecule has 0 spiro atoms. The van der Waals surface area contributed by atoms with Gasteiger partial charge in [0.1, 0.15) is 5.82 Å². The molecule has 1 saturated heterocycles. The van der Waals surface area contributed by atoms with Crippen molar-refractivity contribution >= 4 is 11.7 Å². The van der Waals surface area contributed by atoms with Gasteiger partial charge in [-0.15, -0.1) is 0 Å². The zero-order chi connectivity index (χ0) is 16.1. The van der Waals surface area contributed by atoms with Gasteiger partial charge in [-0.25, -0.2) is 4.98 Å². The van der Waals surface area contributed by atoms with Crippen LogP contribution in [0.1, 0.15) is 24.8 Å². The molecular formula is C18H26N4O. The summed E-state index contributed by atoms with van der Waals surface area (Å²) in [5.74, 6) is 1.57. The molecule has 124 valence electrons. The van der Waals surface area contributed by atoms with E-state index < -0.39 is 0 Å². The minimum absolute atomic E-state index is 0.134. The fourth-order valence-corrected chi connectivity index (χ4v) is 3.24. The molecule has 5 nitrogen and oxygen atoms in total. The number of carbonyl (C=O) groups is 1. The molecule has 1 amide bonds. The minimum Gasteiger partial charge on any atom is -0.354 e. The molecule has 1 aliphatic carbocycles. The highest BCUT2D eigenvalue weighted by molar-refractivity contribution is 5.76. The summed E-state index contributed by atoms with van der Waals surface area (Å²) < 4.78 is 0. The summed E-state index contributed by atoms with van der Waals surface area (Å²) in [6.45, 7) is 4.64. The average Bonchev–Trinajstić information content (AvgIpc) is 3.07. The summed E-state index contributed by atoms with van der Waals surface area (Å²) in [5, 5.41) is 3.06. The first-order valence-corrected chi connectivity index (χ1v) is 8.53. The molecule has 1 aromatic heterocycles. The van der Waals surface area contributed by atoms with Crippen molar-refractivity contribution in [1.29, 1.82) is 0 Å².